The number of nitrogens with zero attached hydrogens (tertiary/aromatic N) is 2. The quantitative estimate of drug-likeness (QED) is 0.833. The molecule has 7 heteroatoms. The third-order valence-electron chi connectivity index (χ3n) is 2.36. The highest BCUT2D eigenvalue weighted by molar-refractivity contribution is 7.71. The van der Waals surface area contributed by atoms with Crippen molar-refractivity contribution >= 4 is 12.2 Å². The molecule has 0 bridgehead atoms. The zero-order chi connectivity index (χ0) is 13.1. The van der Waals surface area contributed by atoms with Crippen molar-refractivity contribution < 1.29 is 14.2 Å². The summed E-state index contributed by atoms with van der Waals surface area (Å²) in [7, 11) is 0. The van der Waals surface area contributed by atoms with Gasteiger partial charge in [-0.05, 0) is 31.3 Å². The van der Waals surface area contributed by atoms with Gasteiger partial charge in [0, 0.05) is 6.07 Å². The first-order chi connectivity index (χ1) is 8.67. The minimum absolute atomic E-state index is 0.182. The van der Waals surface area contributed by atoms with Crippen LogP contribution in [0.4, 0.5) is 4.39 Å². The van der Waals surface area contributed by atoms with Gasteiger partial charge in [-0.1, -0.05) is 0 Å². The second kappa shape index (κ2) is 5.28. The Kier molecular flexibility index (Phi) is 3.73. The van der Waals surface area contributed by atoms with Crippen LogP contribution in [0.15, 0.2) is 18.2 Å². The van der Waals surface area contributed by atoms with Crippen LogP contribution in [-0.4, -0.2) is 26.5 Å². The van der Waals surface area contributed by atoms with Gasteiger partial charge in [0.05, 0.1) is 12.3 Å². The van der Waals surface area contributed by atoms with Crippen molar-refractivity contribution in [2.45, 2.75) is 13.5 Å². The molecule has 0 aliphatic heterocycles. The van der Waals surface area contributed by atoms with Gasteiger partial charge in [-0.3, -0.25) is 9.67 Å². The van der Waals surface area contributed by atoms with Gasteiger partial charge in [0.15, 0.2) is 22.2 Å². The van der Waals surface area contributed by atoms with E-state index in [9.17, 15) is 4.39 Å². The van der Waals surface area contributed by atoms with E-state index < -0.39 is 5.82 Å². The molecule has 2 aromatic rings. The molecular formula is C11H12FN3O2S. The van der Waals surface area contributed by atoms with Crippen LogP contribution in [0.1, 0.15) is 12.7 Å². The number of nitrogens with one attached hydrogen (secondary N) is 1. The third kappa shape index (κ3) is 2.27. The Morgan fingerprint density at radius 1 is 1.56 bits per heavy atom. The van der Waals surface area contributed by atoms with E-state index in [1.54, 1.807) is 13.0 Å². The number of hydrogen-bond donors (Lipinski definition) is 2. The Hall–Kier alpha value is -1.73. The molecule has 0 unspecified atom stereocenters. The van der Waals surface area contributed by atoms with Gasteiger partial charge in [0.2, 0.25) is 0 Å². The standard InChI is InChI=1S/C11H12FN3O2S/c1-2-17-9-4-3-7(5-8(9)12)15-10(6-16)13-14-11(15)18/h3-5,16H,2,6H2,1H3,(H,14,18). The lowest BCUT2D eigenvalue weighted by Crippen LogP contribution is -2.03. The maximum Gasteiger partial charge on any atom is 0.199 e. The van der Waals surface area contributed by atoms with Crippen LogP contribution in [0.2, 0.25) is 0 Å². The number of halogens is 1. The fraction of sp³-hybridized carbons (Fsp3) is 0.273. The normalized spacial score (nSPS) is 10.6. The Morgan fingerprint density at radius 3 is 2.94 bits per heavy atom. The van der Waals surface area contributed by atoms with E-state index in [1.807, 2.05) is 0 Å². The number of aromatic amines is 1. The molecular weight excluding hydrogens is 257 g/mol. The Bertz CT molecular complexity index is 609. The number of rotatable bonds is 4. The molecule has 1 aromatic heterocycles. The lowest BCUT2D eigenvalue weighted by Gasteiger charge is -2.08. The highest BCUT2D eigenvalue weighted by atomic mass is 32.1. The molecule has 0 spiro atoms. The average Bonchev–Trinajstić information content (AvgIpc) is 2.73. The van der Waals surface area contributed by atoms with E-state index in [-0.39, 0.29) is 12.4 Å². The van der Waals surface area contributed by atoms with Crippen LogP contribution < -0.4 is 4.74 Å². The summed E-state index contributed by atoms with van der Waals surface area (Å²) in [6.45, 7) is 1.88. The highest BCUT2D eigenvalue weighted by Crippen LogP contribution is 2.21. The van der Waals surface area contributed by atoms with Crippen LogP contribution in [0.25, 0.3) is 5.69 Å². The molecule has 5 nitrogen and oxygen atoms in total. The molecule has 0 fully saturated rings. The molecule has 2 rings (SSSR count). The summed E-state index contributed by atoms with van der Waals surface area (Å²) in [6.07, 6.45) is 0. The van der Waals surface area contributed by atoms with Crippen LogP contribution in [0, 0.1) is 10.6 Å². The maximum atomic E-state index is 13.7. The highest BCUT2D eigenvalue weighted by Gasteiger charge is 2.10. The zero-order valence-electron chi connectivity index (χ0n) is 9.68. The van der Waals surface area contributed by atoms with E-state index >= 15 is 0 Å². The van der Waals surface area contributed by atoms with Crippen LogP contribution in [0.5, 0.6) is 5.75 Å². The van der Waals surface area contributed by atoms with E-state index in [2.05, 4.69) is 10.2 Å². The summed E-state index contributed by atoms with van der Waals surface area (Å²) in [5.74, 6) is 0.0201. The fourth-order valence-corrected chi connectivity index (χ4v) is 1.86. The van der Waals surface area contributed by atoms with Crippen molar-refractivity contribution in [3.63, 3.8) is 0 Å². The molecule has 0 amide bonds. The van der Waals surface area contributed by atoms with Gasteiger partial charge in [-0.25, -0.2) is 4.39 Å². The van der Waals surface area contributed by atoms with Crippen LogP contribution in [-0.2, 0) is 6.61 Å². The number of H-pyrrole nitrogens is 1. The van der Waals surface area contributed by atoms with E-state index in [4.69, 9.17) is 22.1 Å². The summed E-state index contributed by atoms with van der Waals surface area (Å²) >= 11 is 5.03. The third-order valence-corrected chi connectivity index (χ3v) is 2.63. The predicted molar refractivity (Wildman–Crippen MR) is 65.8 cm³/mol. The topological polar surface area (TPSA) is 63.1 Å². The minimum atomic E-state index is -0.485. The molecule has 0 saturated carbocycles. The molecule has 0 radical (unpaired) electrons. The number of aliphatic hydroxyl groups excluding tert-OH is 1. The van der Waals surface area contributed by atoms with Crippen molar-refractivity contribution in [1.82, 2.24) is 14.8 Å². The molecule has 1 heterocycles. The second-order valence-corrected chi connectivity index (χ2v) is 3.87. The van der Waals surface area contributed by atoms with E-state index in [1.165, 1.54) is 16.7 Å². The summed E-state index contributed by atoms with van der Waals surface area (Å²) in [4.78, 5) is 0. The summed E-state index contributed by atoms with van der Waals surface area (Å²) in [5, 5.41) is 15.5. The molecule has 0 aliphatic carbocycles. The van der Waals surface area contributed by atoms with Gasteiger partial charge in [-0.15, -0.1) is 0 Å². The number of benzene rings is 1. The minimum Gasteiger partial charge on any atom is -0.491 e. The lowest BCUT2D eigenvalue weighted by atomic mass is 10.3. The molecule has 0 saturated heterocycles. The molecule has 96 valence electrons. The summed E-state index contributed by atoms with van der Waals surface area (Å²) in [5.41, 5.74) is 0.485. The number of aromatic nitrogens is 3. The Morgan fingerprint density at radius 2 is 2.33 bits per heavy atom. The van der Waals surface area contributed by atoms with E-state index in [0.717, 1.165) is 0 Å². The monoisotopic (exact) mass is 269 g/mol. The average molecular weight is 269 g/mol. The van der Waals surface area contributed by atoms with Gasteiger partial charge in [-0.2, -0.15) is 5.10 Å². The number of ether oxygens (including phenoxy) is 1. The van der Waals surface area contributed by atoms with Crippen LogP contribution >= 0.6 is 12.2 Å². The molecule has 1 aromatic carbocycles. The first kappa shape index (κ1) is 12.7. The van der Waals surface area contributed by atoms with Crippen LogP contribution in [0.3, 0.4) is 0 Å². The molecule has 2 N–H and O–H groups in total. The fourth-order valence-electron chi connectivity index (χ4n) is 1.60. The maximum absolute atomic E-state index is 13.7. The first-order valence-electron chi connectivity index (χ1n) is 5.37. The first-order valence-corrected chi connectivity index (χ1v) is 5.78. The predicted octanol–water partition coefficient (Wildman–Crippen LogP) is 1.96. The van der Waals surface area contributed by atoms with Crippen molar-refractivity contribution in [3.05, 3.63) is 34.6 Å². The largest absolute Gasteiger partial charge is 0.491 e. The van der Waals surface area contributed by atoms with Crippen molar-refractivity contribution in [3.8, 4) is 11.4 Å². The number of aliphatic hydroxyl groups is 1. The van der Waals surface area contributed by atoms with Gasteiger partial charge < -0.3 is 9.84 Å². The number of hydrogen-bond acceptors (Lipinski definition) is 4. The van der Waals surface area contributed by atoms with Crippen molar-refractivity contribution in [2.75, 3.05) is 6.61 Å². The second-order valence-electron chi connectivity index (χ2n) is 3.49. The Balaban J connectivity index is 2.48. The summed E-state index contributed by atoms with van der Waals surface area (Å²) in [6, 6.07) is 4.46. The molecule has 0 atom stereocenters. The molecule has 0 aliphatic rings. The SMILES string of the molecule is CCOc1ccc(-n2c(CO)n[nH]c2=S)cc1F. The molecule has 18 heavy (non-hydrogen) atoms. The lowest BCUT2D eigenvalue weighted by molar-refractivity contribution is 0.268. The van der Waals surface area contributed by atoms with Crippen molar-refractivity contribution in [2.24, 2.45) is 0 Å². The summed E-state index contributed by atoms with van der Waals surface area (Å²) < 4.78 is 20.6. The van der Waals surface area contributed by atoms with Crippen molar-refractivity contribution in [1.29, 1.82) is 0 Å². The van der Waals surface area contributed by atoms with Gasteiger partial charge >= 0.3 is 0 Å². The Labute approximate surface area is 108 Å². The van der Waals surface area contributed by atoms with Gasteiger partial charge in [0.25, 0.3) is 0 Å². The zero-order valence-corrected chi connectivity index (χ0v) is 10.5. The van der Waals surface area contributed by atoms with E-state index in [0.29, 0.717) is 22.9 Å². The van der Waals surface area contributed by atoms with Gasteiger partial charge in [0.1, 0.15) is 6.61 Å². The smallest absolute Gasteiger partial charge is 0.199 e.